The van der Waals surface area contributed by atoms with Crippen molar-refractivity contribution in [3.63, 3.8) is 0 Å². The molecule has 3 rings (SSSR count). The van der Waals surface area contributed by atoms with Gasteiger partial charge in [0.2, 0.25) is 11.9 Å². The topological polar surface area (TPSA) is 103 Å². The number of halogens is 1. The van der Waals surface area contributed by atoms with Crippen LogP contribution in [0.4, 0.5) is 22.0 Å². The van der Waals surface area contributed by atoms with Crippen molar-refractivity contribution >= 4 is 35.1 Å². The number of rotatable bonds is 9. The minimum absolute atomic E-state index is 0.0323. The van der Waals surface area contributed by atoms with E-state index in [0.717, 1.165) is 0 Å². The Morgan fingerprint density at radius 1 is 1.14 bits per heavy atom. The summed E-state index contributed by atoms with van der Waals surface area (Å²) in [5.41, 5.74) is 6.98. The summed E-state index contributed by atoms with van der Waals surface area (Å²) >= 11 is 1.57. The lowest BCUT2D eigenvalue weighted by molar-refractivity contribution is 0.101. The molecule has 150 valence electrons. The number of carbonyl (C=O) groups excluding carboxylic acids is 1. The molecule has 0 saturated heterocycles. The van der Waals surface area contributed by atoms with Gasteiger partial charge in [0.25, 0.3) is 0 Å². The molecule has 0 radical (unpaired) electrons. The van der Waals surface area contributed by atoms with E-state index in [1.54, 1.807) is 42.1 Å². The van der Waals surface area contributed by atoms with Gasteiger partial charge in [0.15, 0.2) is 5.78 Å². The summed E-state index contributed by atoms with van der Waals surface area (Å²) in [4.78, 5) is 24.1. The number of ketones is 1. The van der Waals surface area contributed by atoms with Crippen LogP contribution < -0.4 is 15.8 Å². The SMILES string of the molecule is CC(=O)c1ccccc1OCCSCc1nc(N)nc(Nc2ccc(F)cc2)n1. The highest BCUT2D eigenvalue weighted by Crippen LogP contribution is 2.20. The first-order valence-electron chi connectivity index (χ1n) is 8.85. The molecule has 3 N–H and O–H groups in total. The van der Waals surface area contributed by atoms with Crippen molar-refractivity contribution in [2.45, 2.75) is 12.7 Å². The zero-order valence-electron chi connectivity index (χ0n) is 15.8. The van der Waals surface area contributed by atoms with Gasteiger partial charge in [-0.1, -0.05) is 12.1 Å². The van der Waals surface area contributed by atoms with Gasteiger partial charge < -0.3 is 15.8 Å². The number of nitrogens with zero attached hydrogens (tertiary/aromatic N) is 3. The van der Waals surface area contributed by atoms with E-state index in [9.17, 15) is 9.18 Å². The molecule has 29 heavy (non-hydrogen) atoms. The number of aromatic nitrogens is 3. The Labute approximate surface area is 171 Å². The van der Waals surface area contributed by atoms with Crippen molar-refractivity contribution in [1.82, 2.24) is 15.0 Å². The molecule has 0 aliphatic heterocycles. The number of carbonyl (C=O) groups is 1. The Balaban J connectivity index is 1.51. The Kier molecular flexibility index (Phi) is 6.96. The van der Waals surface area contributed by atoms with Crippen LogP contribution in [0.1, 0.15) is 23.1 Å². The monoisotopic (exact) mass is 413 g/mol. The molecule has 7 nitrogen and oxygen atoms in total. The number of hydrogen-bond donors (Lipinski definition) is 2. The van der Waals surface area contributed by atoms with Crippen LogP contribution in [-0.2, 0) is 5.75 Å². The first-order valence-corrected chi connectivity index (χ1v) is 10.0. The zero-order chi connectivity index (χ0) is 20.6. The second-order valence-electron chi connectivity index (χ2n) is 6.02. The molecule has 0 bridgehead atoms. The summed E-state index contributed by atoms with van der Waals surface area (Å²) in [6, 6.07) is 13.0. The van der Waals surface area contributed by atoms with E-state index in [1.165, 1.54) is 19.1 Å². The predicted octanol–water partition coefficient (Wildman–Crippen LogP) is 3.85. The third kappa shape index (κ3) is 6.15. The molecule has 3 aromatic rings. The number of nitrogen functional groups attached to an aromatic ring is 1. The van der Waals surface area contributed by atoms with Crippen LogP contribution >= 0.6 is 11.8 Å². The first-order chi connectivity index (χ1) is 14.0. The molecule has 0 saturated carbocycles. The number of nitrogens with two attached hydrogens (primary N) is 1. The lowest BCUT2D eigenvalue weighted by atomic mass is 10.1. The van der Waals surface area contributed by atoms with Gasteiger partial charge in [0, 0.05) is 11.4 Å². The van der Waals surface area contributed by atoms with Crippen molar-refractivity contribution < 1.29 is 13.9 Å². The number of para-hydroxylation sites is 1. The third-order valence-corrected chi connectivity index (χ3v) is 4.70. The Morgan fingerprint density at radius 2 is 1.90 bits per heavy atom. The first kappa shape index (κ1) is 20.5. The second kappa shape index (κ2) is 9.83. The highest BCUT2D eigenvalue weighted by atomic mass is 32.2. The van der Waals surface area contributed by atoms with Gasteiger partial charge in [-0.05, 0) is 43.3 Å². The summed E-state index contributed by atoms with van der Waals surface area (Å²) in [7, 11) is 0. The predicted molar refractivity (Wildman–Crippen MR) is 112 cm³/mol. The van der Waals surface area contributed by atoms with Crippen molar-refractivity contribution in [2.75, 3.05) is 23.4 Å². The van der Waals surface area contributed by atoms with E-state index in [4.69, 9.17) is 10.5 Å². The highest BCUT2D eigenvalue weighted by Gasteiger charge is 2.08. The average Bonchev–Trinajstić information content (AvgIpc) is 2.69. The van der Waals surface area contributed by atoms with Crippen molar-refractivity contribution in [1.29, 1.82) is 0 Å². The lowest BCUT2D eigenvalue weighted by Crippen LogP contribution is -2.08. The number of benzene rings is 2. The van der Waals surface area contributed by atoms with Crippen LogP contribution in [0.5, 0.6) is 5.75 Å². The van der Waals surface area contributed by atoms with E-state index in [2.05, 4.69) is 20.3 Å². The molecule has 0 amide bonds. The molecule has 1 aromatic heterocycles. The normalized spacial score (nSPS) is 10.6. The number of hydrogen-bond acceptors (Lipinski definition) is 8. The molecular weight excluding hydrogens is 393 g/mol. The van der Waals surface area contributed by atoms with E-state index in [0.29, 0.717) is 46.9 Å². The number of anilines is 3. The molecule has 0 aliphatic rings. The van der Waals surface area contributed by atoms with Crippen LogP contribution in [0, 0.1) is 5.82 Å². The smallest absolute Gasteiger partial charge is 0.232 e. The summed E-state index contributed by atoms with van der Waals surface area (Å²) in [6.45, 7) is 1.95. The van der Waals surface area contributed by atoms with Gasteiger partial charge in [0.1, 0.15) is 17.4 Å². The molecule has 0 unspecified atom stereocenters. The Bertz CT molecular complexity index is 985. The molecule has 9 heteroatoms. The zero-order valence-corrected chi connectivity index (χ0v) is 16.6. The summed E-state index contributed by atoms with van der Waals surface area (Å²) in [6.07, 6.45) is 0. The lowest BCUT2D eigenvalue weighted by Gasteiger charge is -2.10. The van der Waals surface area contributed by atoms with Crippen molar-refractivity contribution in [3.8, 4) is 5.75 Å². The molecule has 0 fully saturated rings. The van der Waals surface area contributed by atoms with Crippen LogP contribution in [-0.4, -0.2) is 33.1 Å². The van der Waals surface area contributed by atoms with E-state index >= 15 is 0 Å². The van der Waals surface area contributed by atoms with Gasteiger partial charge in [-0.25, -0.2) is 4.39 Å². The molecule has 0 atom stereocenters. The third-order valence-electron chi connectivity index (χ3n) is 3.78. The van der Waals surface area contributed by atoms with E-state index in [-0.39, 0.29) is 17.5 Å². The number of ether oxygens (including phenoxy) is 1. The number of nitrogens with one attached hydrogen (secondary N) is 1. The fourth-order valence-electron chi connectivity index (χ4n) is 2.48. The second-order valence-corrected chi connectivity index (χ2v) is 7.12. The highest BCUT2D eigenvalue weighted by molar-refractivity contribution is 7.98. The minimum atomic E-state index is -0.323. The van der Waals surface area contributed by atoms with E-state index < -0.39 is 0 Å². The fraction of sp³-hybridized carbons (Fsp3) is 0.200. The maximum Gasteiger partial charge on any atom is 0.232 e. The molecule has 2 aromatic carbocycles. The van der Waals surface area contributed by atoms with Gasteiger partial charge in [-0.2, -0.15) is 26.7 Å². The van der Waals surface area contributed by atoms with Crippen LogP contribution in [0.2, 0.25) is 0 Å². The maximum atomic E-state index is 13.0. The maximum absolute atomic E-state index is 13.0. The molecule has 1 heterocycles. The molecule has 0 aliphatic carbocycles. The summed E-state index contributed by atoms with van der Waals surface area (Å²) < 4.78 is 18.7. The van der Waals surface area contributed by atoms with Gasteiger partial charge in [0.05, 0.1) is 17.9 Å². The molecular formula is C20H20FN5O2S. The van der Waals surface area contributed by atoms with Gasteiger partial charge >= 0.3 is 0 Å². The fourth-order valence-corrected chi connectivity index (χ4v) is 3.14. The van der Waals surface area contributed by atoms with Gasteiger partial charge in [-0.3, -0.25) is 4.79 Å². The average molecular weight is 413 g/mol. The van der Waals surface area contributed by atoms with Crippen molar-refractivity contribution in [3.05, 3.63) is 65.7 Å². The standard InChI is InChI=1S/C20H20FN5O2S/c1-13(27)16-4-2-3-5-17(16)28-10-11-29-12-18-24-19(22)26-20(25-18)23-15-8-6-14(21)7-9-15/h2-9H,10-12H2,1H3,(H3,22,23,24,25,26). The Hall–Kier alpha value is -3.20. The summed E-state index contributed by atoms with van der Waals surface area (Å²) in [5.74, 6) is 2.34. The van der Waals surface area contributed by atoms with Crippen LogP contribution in [0.15, 0.2) is 48.5 Å². The Morgan fingerprint density at radius 3 is 2.66 bits per heavy atom. The van der Waals surface area contributed by atoms with Crippen LogP contribution in [0.3, 0.4) is 0 Å². The minimum Gasteiger partial charge on any atom is -0.492 e. The largest absolute Gasteiger partial charge is 0.492 e. The number of Topliss-reactive ketones (excluding diaryl/α,β-unsaturated/α-hetero) is 1. The number of thioether (sulfide) groups is 1. The van der Waals surface area contributed by atoms with Gasteiger partial charge in [-0.15, -0.1) is 0 Å². The summed E-state index contributed by atoms with van der Waals surface area (Å²) in [5, 5.41) is 2.98. The van der Waals surface area contributed by atoms with Crippen LogP contribution in [0.25, 0.3) is 0 Å². The van der Waals surface area contributed by atoms with Crippen molar-refractivity contribution in [2.24, 2.45) is 0 Å². The quantitative estimate of drug-likeness (QED) is 0.403. The van der Waals surface area contributed by atoms with E-state index in [1.807, 2.05) is 6.07 Å². The molecule has 0 spiro atoms.